The minimum atomic E-state index is -0.315. The highest BCUT2D eigenvalue weighted by Crippen LogP contribution is 2.29. The third-order valence-corrected chi connectivity index (χ3v) is 5.25. The molecule has 0 radical (unpaired) electrons. The minimum Gasteiger partial charge on any atom is -0.458 e. The summed E-state index contributed by atoms with van der Waals surface area (Å²) >= 11 is 3.31. The molecule has 0 bridgehead atoms. The zero-order valence-corrected chi connectivity index (χ0v) is 16.8. The maximum atomic E-state index is 13.4. The van der Waals surface area contributed by atoms with Gasteiger partial charge in [0.25, 0.3) is 0 Å². The minimum absolute atomic E-state index is 0.0974. The molecule has 142 valence electrons. The highest BCUT2D eigenvalue weighted by molar-refractivity contribution is 9.10. The number of carbonyl (C=O) groups excluding carboxylic acids is 1. The van der Waals surface area contributed by atoms with Crippen LogP contribution >= 0.6 is 15.9 Å². The lowest BCUT2D eigenvalue weighted by atomic mass is 9.90. The fraction of sp³-hybridized carbons (Fsp3) is 0.227. The molecule has 1 aliphatic rings. The van der Waals surface area contributed by atoms with Gasteiger partial charge in [-0.1, -0.05) is 60.7 Å². The summed E-state index contributed by atoms with van der Waals surface area (Å²) in [7, 11) is 0. The molecule has 1 saturated heterocycles. The van der Waals surface area contributed by atoms with Crippen molar-refractivity contribution in [3.63, 3.8) is 0 Å². The number of hydrogen-bond donors (Lipinski definition) is 0. The van der Waals surface area contributed by atoms with Crippen molar-refractivity contribution >= 4 is 21.8 Å². The number of aromatic nitrogens is 2. The standard InChI is InChI=1S/C22H20BrN3O2/c23-18-13-24-22(25-14-18)28-19-11-12-26(15-19)21(27)20(16-7-3-1-4-8-16)17-9-5-2-6-10-17/h1-10,13-14,19-20H,11-12,15H2/t19-/m1/s1. The van der Waals surface area contributed by atoms with Crippen LogP contribution in [0.5, 0.6) is 6.01 Å². The Hall–Kier alpha value is -2.73. The molecule has 0 unspecified atom stereocenters. The molecule has 4 rings (SSSR count). The summed E-state index contributed by atoms with van der Waals surface area (Å²) in [6.07, 6.45) is 3.97. The number of rotatable bonds is 5. The van der Waals surface area contributed by atoms with Crippen LogP contribution in [0.3, 0.4) is 0 Å². The number of halogens is 1. The summed E-state index contributed by atoms with van der Waals surface area (Å²) in [5.41, 5.74) is 2.00. The van der Waals surface area contributed by atoms with Crippen LogP contribution in [0.2, 0.25) is 0 Å². The molecule has 0 N–H and O–H groups in total. The molecular formula is C22H20BrN3O2. The van der Waals surface area contributed by atoms with Crippen LogP contribution in [0.4, 0.5) is 0 Å². The van der Waals surface area contributed by atoms with Crippen molar-refractivity contribution in [1.29, 1.82) is 0 Å². The first-order valence-corrected chi connectivity index (χ1v) is 10.0. The molecule has 1 fully saturated rings. The smallest absolute Gasteiger partial charge is 0.316 e. The van der Waals surface area contributed by atoms with Gasteiger partial charge >= 0.3 is 6.01 Å². The largest absolute Gasteiger partial charge is 0.458 e. The van der Waals surface area contributed by atoms with E-state index in [1.165, 1.54) is 0 Å². The van der Waals surface area contributed by atoms with E-state index >= 15 is 0 Å². The normalized spacial score (nSPS) is 16.4. The van der Waals surface area contributed by atoms with Gasteiger partial charge in [-0.25, -0.2) is 9.97 Å². The first-order valence-electron chi connectivity index (χ1n) is 9.23. The first-order chi connectivity index (χ1) is 13.7. The SMILES string of the molecule is O=C(C(c1ccccc1)c1ccccc1)N1CC[C@@H](Oc2ncc(Br)cn2)C1. The molecule has 1 amide bonds. The van der Waals surface area contributed by atoms with Crippen LogP contribution in [-0.4, -0.2) is 40.0 Å². The summed E-state index contributed by atoms with van der Waals surface area (Å²) in [6, 6.07) is 20.2. The zero-order valence-electron chi connectivity index (χ0n) is 15.2. The number of carbonyl (C=O) groups is 1. The molecule has 0 aliphatic carbocycles. The van der Waals surface area contributed by atoms with E-state index < -0.39 is 0 Å². The highest BCUT2D eigenvalue weighted by atomic mass is 79.9. The Bertz CT molecular complexity index is 880. The number of benzene rings is 2. The van der Waals surface area contributed by atoms with Gasteiger partial charge in [-0.15, -0.1) is 0 Å². The second-order valence-electron chi connectivity index (χ2n) is 6.75. The number of ether oxygens (including phenoxy) is 1. The molecule has 5 nitrogen and oxygen atoms in total. The quantitative estimate of drug-likeness (QED) is 0.603. The maximum Gasteiger partial charge on any atom is 0.316 e. The van der Waals surface area contributed by atoms with Crippen molar-refractivity contribution in [2.45, 2.75) is 18.4 Å². The fourth-order valence-electron chi connectivity index (χ4n) is 3.49. The Morgan fingerprint density at radius 2 is 1.57 bits per heavy atom. The third kappa shape index (κ3) is 4.22. The predicted molar refractivity (Wildman–Crippen MR) is 110 cm³/mol. The molecule has 28 heavy (non-hydrogen) atoms. The Balaban J connectivity index is 1.51. The molecule has 2 aromatic carbocycles. The molecule has 0 spiro atoms. The number of likely N-dealkylation sites (tertiary alicyclic amines) is 1. The summed E-state index contributed by atoms with van der Waals surface area (Å²) in [5, 5.41) is 0. The molecule has 6 heteroatoms. The number of amides is 1. The Morgan fingerprint density at radius 1 is 1.00 bits per heavy atom. The molecule has 1 aromatic heterocycles. The van der Waals surface area contributed by atoms with E-state index in [-0.39, 0.29) is 17.9 Å². The van der Waals surface area contributed by atoms with Gasteiger partial charge in [-0.05, 0) is 27.1 Å². The third-order valence-electron chi connectivity index (χ3n) is 4.84. The van der Waals surface area contributed by atoms with E-state index in [2.05, 4.69) is 25.9 Å². The summed E-state index contributed by atoms with van der Waals surface area (Å²) in [5.74, 6) is -0.217. The van der Waals surface area contributed by atoms with Crippen molar-refractivity contribution in [2.75, 3.05) is 13.1 Å². The molecule has 3 aromatic rings. The Morgan fingerprint density at radius 3 is 2.14 bits per heavy atom. The van der Waals surface area contributed by atoms with Crippen LogP contribution in [0.15, 0.2) is 77.5 Å². The number of hydrogen-bond acceptors (Lipinski definition) is 4. The van der Waals surface area contributed by atoms with Gasteiger partial charge in [0.05, 0.1) is 16.9 Å². The Labute approximate surface area is 172 Å². The number of nitrogens with zero attached hydrogens (tertiary/aromatic N) is 3. The van der Waals surface area contributed by atoms with Crippen LogP contribution in [0.25, 0.3) is 0 Å². The topological polar surface area (TPSA) is 55.3 Å². The van der Waals surface area contributed by atoms with Gasteiger partial charge in [0.2, 0.25) is 5.91 Å². The van der Waals surface area contributed by atoms with Crippen molar-refractivity contribution in [3.05, 3.63) is 88.7 Å². The lowest BCUT2D eigenvalue weighted by molar-refractivity contribution is -0.131. The molecule has 1 atom stereocenters. The second kappa shape index (κ2) is 8.52. The van der Waals surface area contributed by atoms with E-state index in [1.807, 2.05) is 65.6 Å². The average molecular weight is 438 g/mol. The van der Waals surface area contributed by atoms with Gasteiger partial charge in [-0.3, -0.25) is 4.79 Å². The lowest BCUT2D eigenvalue weighted by Gasteiger charge is -2.24. The highest BCUT2D eigenvalue weighted by Gasteiger charge is 2.33. The summed E-state index contributed by atoms with van der Waals surface area (Å²) < 4.78 is 6.67. The van der Waals surface area contributed by atoms with Crippen molar-refractivity contribution in [3.8, 4) is 6.01 Å². The van der Waals surface area contributed by atoms with Crippen LogP contribution in [0.1, 0.15) is 23.5 Å². The monoisotopic (exact) mass is 437 g/mol. The van der Waals surface area contributed by atoms with Crippen molar-refractivity contribution in [1.82, 2.24) is 14.9 Å². The van der Waals surface area contributed by atoms with Gasteiger partial charge in [0, 0.05) is 25.4 Å². The molecular weight excluding hydrogens is 418 g/mol. The van der Waals surface area contributed by atoms with Crippen LogP contribution < -0.4 is 4.74 Å². The van der Waals surface area contributed by atoms with Gasteiger partial charge < -0.3 is 9.64 Å². The molecule has 1 aliphatic heterocycles. The predicted octanol–water partition coefficient (Wildman–Crippen LogP) is 4.05. The summed E-state index contributed by atoms with van der Waals surface area (Å²) in [6.45, 7) is 1.20. The molecule has 2 heterocycles. The average Bonchev–Trinajstić information content (AvgIpc) is 3.20. The van der Waals surface area contributed by atoms with Gasteiger partial charge in [0.1, 0.15) is 6.10 Å². The lowest BCUT2D eigenvalue weighted by Crippen LogP contribution is -2.35. The van der Waals surface area contributed by atoms with Gasteiger partial charge in [-0.2, -0.15) is 0 Å². The Kier molecular flexibility index (Phi) is 5.67. The van der Waals surface area contributed by atoms with Crippen LogP contribution in [0, 0.1) is 0 Å². The van der Waals surface area contributed by atoms with E-state index in [0.29, 0.717) is 19.1 Å². The zero-order chi connectivity index (χ0) is 19.3. The van der Waals surface area contributed by atoms with E-state index in [1.54, 1.807) is 12.4 Å². The van der Waals surface area contributed by atoms with Crippen molar-refractivity contribution < 1.29 is 9.53 Å². The maximum absolute atomic E-state index is 13.4. The second-order valence-corrected chi connectivity index (χ2v) is 7.67. The van der Waals surface area contributed by atoms with E-state index in [0.717, 1.165) is 22.0 Å². The summed E-state index contributed by atoms with van der Waals surface area (Å²) in [4.78, 5) is 23.6. The first kappa shape index (κ1) is 18.6. The van der Waals surface area contributed by atoms with Crippen LogP contribution in [-0.2, 0) is 4.79 Å². The van der Waals surface area contributed by atoms with Gasteiger partial charge in [0.15, 0.2) is 0 Å². The van der Waals surface area contributed by atoms with E-state index in [9.17, 15) is 4.79 Å². The van der Waals surface area contributed by atoms with Crippen molar-refractivity contribution in [2.24, 2.45) is 0 Å². The fourth-order valence-corrected chi connectivity index (χ4v) is 3.69. The van der Waals surface area contributed by atoms with E-state index in [4.69, 9.17) is 4.74 Å². The molecule has 0 saturated carbocycles.